The van der Waals surface area contributed by atoms with Crippen LogP contribution in [0.4, 0.5) is 0 Å². The maximum atomic E-state index is 5.97. The molecule has 4 heteroatoms. The Morgan fingerprint density at radius 3 is 2.79 bits per heavy atom. The Labute approximate surface area is 102 Å². The second-order valence-electron chi connectivity index (χ2n) is 4.08. The maximum absolute atomic E-state index is 5.97. The first kappa shape index (κ1) is 13.1. The third-order valence-electron chi connectivity index (χ3n) is 2.59. The van der Waals surface area contributed by atoms with Gasteiger partial charge in [0.2, 0.25) is 0 Å². The van der Waals surface area contributed by atoms with Gasteiger partial charge < -0.3 is 9.47 Å². The van der Waals surface area contributed by atoms with E-state index in [0.717, 1.165) is 25.5 Å². The molecule has 0 bridgehead atoms. The van der Waals surface area contributed by atoms with Crippen molar-refractivity contribution < 1.29 is 9.47 Å². The van der Waals surface area contributed by atoms with E-state index in [9.17, 15) is 0 Å². The lowest BCUT2D eigenvalue weighted by atomic mass is 10.1. The molecule has 1 aliphatic rings. The molecule has 14 heavy (non-hydrogen) atoms. The third-order valence-corrected chi connectivity index (χ3v) is 4.65. The first-order chi connectivity index (χ1) is 6.59. The summed E-state index contributed by atoms with van der Waals surface area (Å²) in [5.41, 5.74) is 0. The highest BCUT2D eigenvalue weighted by molar-refractivity contribution is 14.2. The van der Waals surface area contributed by atoms with Crippen LogP contribution in [0.2, 0.25) is 0 Å². The predicted octanol–water partition coefficient (Wildman–Crippen LogP) is 3.73. The molecule has 1 heterocycles. The molecule has 0 radical (unpaired) electrons. The third kappa shape index (κ3) is 3.92. The summed E-state index contributed by atoms with van der Waals surface area (Å²) < 4.78 is 11.9. The van der Waals surface area contributed by atoms with Gasteiger partial charge in [-0.05, 0) is 32.9 Å². The van der Waals surface area contributed by atoms with E-state index in [4.69, 9.17) is 9.47 Å². The Morgan fingerprint density at radius 1 is 1.50 bits per heavy atom. The number of halogens is 1. The average Bonchev–Trinajstić information content (AvgIpc) is 2.13. The average molecular weight is 330 g/mol. The van der Waals surface area contributed by atoms with E-state index in [1.165, 1.54) is 6.16 Å². The van der Waals surface area contributed by atoms with Gasteiger partial charge in [-0.15, -0.1) is 0 Å². The molecular formula is C10H20IO2P. The topological polar surface area (TPSA) is 18.5 Å². The zero-order valence-electron chi connectivity index (χ0n) is 9.18. The minimum Gasteiger partial charge on any atom is -0.347 e. The summed E-state index contributed by atoms with van der Waals surface area (Å²) in [5, 5.41) is 0. The van der Waals surface area contributed by atoms with Crippen molar-refractivity contribution in [1.82, 2.24) is 0 Å². The number of rotatable bonds is 4. The van der Waals surface area contributed by atoms with Crippen molar-refractivity contribution in [2.75, 3.05) is 6.16 Å². The summed E-state index contributed by atoms with van der Waals surface area (Å²) in [4.78, 5) is 0. The molecule has 0 N–H and O–H groups in total. The summed E-state index contributed by atoms with van der Waals surface area (Å²) in [7, 11) is 0. The highest BCUT2D eigenvalue weighted by Gasteiger charge is 2.35. The van der Waals surface area contributed by atoms with E-state index in [0.29, 0.717) is 12.2 Å². The van der Waals surface area contributed by atoms with E-state index in [2.05, 4.69) is 42.8 Å². The zero-order chi connectivity index (χ0) is 10.6. The van der Waals surface area contributed by atoms with Gasteiger partial charge in [-0.3, -0.25) is 0 Å². The van der Waals surface area contributed by atoms with Gasteiger partial charge in [0.05, 0.1) is 12.2 Å². The Balaban J connectivity index is 2.49. The summed E-state index contributed by atoms with van der Waals surface area (Å²) in [5.74, 6) is -0.323. The van der Waals surface area contributed by atoms with Crippen LogP contribution in [0.5, 0.6) is 0 Å². The quantitative estimate of drug-likeness (QED) is 0.578. The molecule has 84 valence electrons. The van der Waals surface area contributed by atoms with Crippen LogP contribution in [-0.4, -0.2) is 24.2 Å². The lowest BCUT2D eigenvalue weighted by Gasteiger charge is -2.41. The molecule has 0 aromatic carbocycles. The van der Waals surface area contributed by atoms with E-state index >= 15 is 0 Å². The van der Waals surface area contributed by atoms with Crippen LogP contribution in [0.1, 0.15) is 40.0 Å². The first-order valence-corrected chi connectivity index (χ1v) is 9.61. The number of ether oxygens (including phenoxy) is 2. The van der Waals surface area contributed by atoms with Crippen LogP contribution in [0.15, 0.2) is 0 Å². The second kappa shape index (κ2) is 5.97. The van der Waals surface area contributed by atoms with Crippen LogP contribution < -0.4 is 0 Å². The van der Waals surface area contributed by atoms with Crippen molar-refractivity contribution in [1.29, 1.82) is 0 Å². The number of hydrogen-bond donors (Lipinski definition) is 0. The van der Waals surface area contributed by atoms with Crippen LogP contribution in [-0.2, 0) is 9.47 Å². The van der Waals surface area contributed by atoms with Gasteiger partial charge in [0.25, 0.3) is 0 Å². The van der Waals surface area contributed by atoms with Crippen molar-refractivity contribution in [3.63, 3.8) is 0 Å². The molecule has 1 fully saturated rings. The monoisotopic (exact) mass is 330 g/mol. The molecule has 0 aromatic heterocycles. The van der Waals surface area contributed by atoms with E-state index in [1.54, 1.807) is 0 Å². The highest BCUT2D eigenvalue weighted by atomic mass is 127. The molecule has 1 saturated heterocycles. The summed E-state index contributed by atoms with van der Waals surface area (Å²) >= 11 is 2.43. The maximum Gasteiger partial charge on any atom is 0.166 e. The molecule has 2 nitrogen and oxygen atoms in total. The highest BCUT2D eigenvalue weighted by Crippen LogP contribution is 2.34. The molecule has 1 rings (SSSR count). The van der Waals surface area contributed by atoms with Gasteiger partial charge in [-0.1, -0.05) is 35.2 Å². The summed E-state index contributed by atoms with van der Waals surface area (Å²) in [6.07, 6.45) is 6.04. The number of hydrogen-bond acceptors (Lipinski definition) is 2. The Kier molecular flexibility index (Phi) is 5.61. The van der Waals surface area contributed by atoms with Crippen LogP contribution in [0.3, 0.4) is 0 Å². The lowest BCUT2D eigenvalue weighted by molar-refractivity contribution is -0.306. The van der Waals surface area contributed by atoms with Crippen molar-refractivity contribution in [2.24, 2.45) is 0 Å². The molecule has 0 spiro atoms. The first-order valence-electron chi connectivity index (χ1n) is 5.28. The molecule has 0 aromatic rings. The fourth-order valence-corrected chi connectivity index (χ4v) is 3.27. The minimum absolute atomic E-state index is 0.323. The van der Waals surface area contributed by atoms with Crippen LogP contribution in [0, 0.1) is 0 Å². The van der Waals surface area contributed by atoms with Gasteiger partial charge in [-0.25, -0.2) is 0 Å². The van der Waals surface area contributed by atoms with Crippen molar-refractivity contribution >= 4 is 28.3 Å². The molecule has 0 aliphatic carbocycles. The van der Waals surface area contributed by atoms with Gasteiger partial charge in [0.15, 0.2) is 5.79 Å². The molecular weight excluding hydrogens is 310 g/mol. The zero-order valence-corrected chi connectivity index (χ0v) is 12.3. The van der Waals surface area contributed by atoms with E-state index < -0.39 is 0 Å². The van der Waals surface area contributed by atoms with Crippen molar-refractivity contribution in [3.8, 4) is 0 Å². The Morgan fingerprint density at radius 2 is 2.21 bits per heavy atom. The standard InChI is InChI=1S/C10H20IO2P/c1-4-9-7-8(2)12-10(3,13-9)5-6-14-11/h8-9,14H,4-7H2,1-3H3. The van der Waals surface area contributed by atoms with E-state index in [-0.39, 0.29) is 5.79 Å². The summed E-state index contributed by atoms with van der Waals surface area (Å²) in [6, 6.07) is 0. The van der Waals surface area contributed by atoms with Crippen LogP contribution >= 0.6 is 28.3 Å². The SMILES string of the molecule is CCC1CC(C)OC(C)(CCPI)O1. The normalized spacial score (nSPS) is 39.4. The smallest absolute Gasteiger partial charge is 0.166 e. The molecule has 0 amide bonds. The molecule has 4 unspecified atom stereocenters. The lowest BCUT2D eigenvalue weighted by Crippen LogP contribution is -2.45. The second-order valence-corrected chi connectivity index (χ2v) is 7.14. The minimum atomic E-state index is -0.323. The van der Waals surface area contributed by atoms with Crippen molar-refractivity contribution in [3.05, 3.63) is 0 Å². The Hall–Kier alpha value is 1.08. The largest absolute Gasteiger partial charge is 0.347 e. The fourth-order valence-electron chi connectivity index (χ4n) is 1.91. The molecule has 0 saturated carbocycles. The van der Waals surface area contributed by atoms with Gasteiger partial charge >= 0.3 is 0 Å². The van der Waals surface area contributed by atoms with Gasteiger partial charge in [0.1, 0.15) is 0 Å². The van der Waals surface area contributed by atoms with Crippen molar-refractivity contribution in [2.45, 2.75) is 58.0 Å². The fraction of sp³-hybridized carbons (Fsp3) is 1.00. The summed E-state index contributed by atoms with van der Waals surface area (Å²) in [6.45, 7) is 6.42. The Bertz CT molecular complexity index is 180. The predicted molar refractivity (Wildman–Crippen MR) is 70.6 cm³/mol. The van der Waals surface area contributed by atoms with Gasteiger partial charge in [-0.2, -0.15) is 0 Å². The van der Waals surface area contributed by atoms with Gasteiger partial charge in [0, 0.05) is 6.42 Å². The van der Waals surface area contributed by atoms with E-state index in [1.807, 2.05) is 0 Å². The van der Waals surface area contributed by atoms with Crippen LogP contribution in [0.25, 0.3) is 0 Å². The molecule has 1 aliphatic heterocycles. The molecule has 4 atom stereocenters.